The van der Waals surface area contributed by atoms with Crippen molar-refractivity contribution in [2.75, 3.05) is 13.2 Å². The lowest BCUT2D eigenvalue weighted by Gasteiger charge is -2.24. The smallest absolute Gasteiger partial charge is 0.164 e. The van der Waals surface area contributed by atoms with Crippen LogP contribution in [0.4, 0.5) is 0 Å². The second kappa shape index (κ2) is 4.70. The van der Waals surface area contributed by atoms with Crippen LogP contribution in [0, 0.1) is 0 Å². The van der Waals surface area contributed by atoms with E-state index < -0.39 is 36.0 Å². The van der Waals surface area contributed by atoms with E-state index in [1.807, 2.05) is 0 Å². The molecule has 0 saturated carbocycles. The first-order valence-corrected chi connectivity index (χ1v) is 6.21. The third kappa shape index (κ3) is 2.68. The van der Waals surface area contributed by atoms with Crippen LogP contribution >= 0.6 is 0 Å². The Balaban J connectivity index is 2.15. The monoisotopic (exact) mass is 262 g/mol. The molecule has 2 heterocycles. The molecule has 0 aliphatic carbocycles. The molecule has 0 radical (unpaired) electrons. The van der Waals surface area contributed by atoms with Crippen molar-refractivity contribution in [2.24, 2.45) is 0 Å². The molecule has 106 valence electrons. The third-order valence-electron chi connectivity index (χ3n) is 3.13. The second-order valence-corrected chi connectivity index (χ2v) is 5.64. The van der Waals surface area contributed by atoms with Crippen LogP contribution in [0.25, 0.3) is 0 Å². The summed E-state index contributed by atoms with van der Waals surface area (Å²) >= 11 is 0. The van der Waals surface area contributed by atoms with E-state index in [0.717, 1.165) is 0 Å². The van der Waals surface area contributed by atoms with Crippen molar-refractivity contribution in [3.63, 3.8) is 0 Å². The number of hydrogen-bond donors (Lipinski definition) is 2. The van der Waals surface area contributed by atoms with Crippen LogP contribution in [0.3, 0.4) is 0 Å². The summed E-state index contributed by atoms with van der Waals surface area (Å²) in [6, 6.07) is 0. The van der Waals surface area contributed by atoms with Gasteiger partial charge in [0.15, 0.2) is 11.6 Å². The summed E-state index contributed by atoms with van der Waals surface area (Å²) in [7, 11) is 0. The van der Waals surface area contributed by atoms with Gasteiger partial charge in [0, 0.05) is 0 Å². The topological polar surface area (TPSA) is 77.4 Å². The third-order valence-corrected chi connectivity index (χ3v) is 3.13. The van der Waals surface area contributed by atoms with Crippen LogP contribution in [0.15, 0.2) is 0 Å². The van der Waals surface area contributed by atoms with E-state index in [1.165, 1.54) is 0 Å². The van der Waals surface area contributed by atoms with E-state index in [4.69, 9.17) is 18.9 Å². The lowest BCUT2D eigenvalue weighted by molar-refractivity contribution is -0.175. The van der Waals surface area contributed by atoms with Gasteiger partial charge in [-0.1, -0.05) is 0 Å². The molecule has 4 atom stereocenters. The van der Waals surface area contributed by atoms with Crippen molar-refractivity contribution in [1.82, 2.24) is 0 Å². The average molecular weight is 262 g/mol. The molecule has 0 aromatic heterocycles. The minimum Gasteiger partial charge on any atom is -0.394 e. The number of aliphatic hydroxyl groups is 2. The van der Waals surface area contributed by atoms with Crippen LogP contribution in [-0.2, 0) is 18.9 Å². The van der Waals surface area contributed by atoms with Crippen molar-refractivity contribution in [1.29, 1.82) is 0 Å². The predicted molar refractivity (Wildman–Crippen MR) is 61.8 cm³/mol. The summed E-state index contributed by atoms with van der Waals surface area (Å²) in [5.74, 6) is -1.54. The summed E-state index contributed by atoms with van der Waals surface area (Å²) in [5.41, 5.74) is 0. The molecule has 2 aliphatic heterocycles. The van der Waals surface area contributed by atoms with Crippen LogP contribution in [0.5, 0.6) is 0 Å². The van der Waals surface area contributed by atoms with Gasteiger partial charge in [-0.3, -0.25) is 0 Å². The van der Waals surface area contributed by atoms with Crippen molar-refractivity contribution in [2.45, 2.75) is 63.7 Å². The summed E-state index contributed by atoms with van der Waals surface area (Å²) < 4.78 is 22.7. The zero-order valence-corrected chi connectivity index (χ0v) is 11.3. The summed E-state index contributed by atoms with van der Waals surface area (Å²) in [6.45, 7) is 6.81. The zero-order chi connectivity index (χ0) is 13.6. The quantitative estimate of drug-likeness (QED) is 0.746. The van der Waals surface area contributed by atoms with Gasteiger partial charge in [0.2, 0.25) is 0 Å². The minimum atomic E-state index is -0.770. The number of hydrogen-bond acceptors (Lipinski definition) is 6. The Morgan fingerprint density at radius 2 is 1.06 bits per heavy atom. The molecule has 0 spiro atoms. The Morgan fingerprint density at radius 3 is 1.33 bits per heavy atom. The van der Waals surface area contributed by atoms with Gasteiger partial charge >= 0.3 is 0 Å². The highest BCUT2D eigenvalue weighted by molar-refractivity contribution is 4.94. The van der Waals surface area contributed by atoms with Crippen LogP contribution in [0.1, 0.15) is 27.7 Å². The summed E-state index contributed by atoms with van der Waals surface area (Å²) in [6.07, 6.45) is -1.86. The van der Waals surface area contributed by atoms with Gasteiger partial charge in [-0.15, -0.1) is 0 Å². The van der Waals surface area contributed by atoms with Gasteiger partial charge in [0.05, 0.1) is 13.2 Å². The Bertz CT molecular complexity index is 273. The lowest BCUT2D eigenvalue weighted by Crippen LogP contribution is -2.44. The summed E-state index contributed by atoms with van der Waals surface area (Å²) in [5, 5.41) is 18.7. The Kier molecular flexibility index (Phi) is 3.70. The van der Waals surface area contributed by atoms with Crippen molar-refractivity contribution < 1.29 is 29.2 Å². The number of rotatable bonds is 3. The standard InChI is InChI=1S/C12H22O6/c1-11(2)15-7(5-13)9(17-11)10-8(6-14)16-12(3,4)18-10/h7-10,13-14H,5-6H2,1-4H3/t7-,8-,9-,10-/m0/s1. The van der Waals surface area contributed by atoms with Gasteiger partial charge < -0.3 is 29.2 Å². The molecule has 18 heavy (non-hydrogen) atoms. The van der Waals surface area contributed by atoms with E-state index in [-0.39, 0.29) is 13.2 Å². The maximum absolute atomic E-state index is 9.35. The fourth-order valence-corrected chi connectivity index (χ4v) is 2.57. The Labute approximate surface area is 107 Å². The average Bonchev–Trinajstić information content (AvgIpc) is 2.74. The molecule has 2 rings (SSSR count). The van der Waals surface area contributed by atoms with E-state index in [1.54, 1.807) is 27.7 Å². The Morgan fingerprint density at radius 1 is 0.722 bits per heavy atom. The van der Waals surface area contributed by atoms with Crippen LogP contribution in [0.2, 0.25) is 0 Å². The van der Waals surface area contributed by atoms with Crippen LogP contribution in [-0.4, -0.2) is 59.4 Å². The highest BCUT2D eigenvalue weighted by Gasteiger charge is 2.53. The normalized spacial score (nSPS) is 42.3. The number of aliphatic hydroxyl groups excluding tert-OH is 2. The van der Waals surface area contributed by atoms with Gasteiger partial charge in [0.25, 0.3) is 0 Å². The van der Waals surface area contributed by atoms with Crippen LogP contribution < -0.4 is 0 Å². The fraction of sp³-hybridized carbons (Fsp3) is 1.00. The van der Waals surface area contributed by atoms with E-state index in [0.29, 0.717) is 0 Å². The zero-order valence-electron chi connectivity index (χ0n) is 11.3. The SMILES string of the molecule is CC1(C)O[C@H]([C@H]2OC(C)(C)O[C@H]2CO)[C@H](CO)O1. The fourth-order valence-electron chi connectivity index (χ4n) is 2.57. The molecule has 2 saturated heterocycles. The largest absolute Gasteiger partial charge is 0.394 e. The highest BCUT2D eigenvalue weighted by Crippen LogP contribution is 2.38. The maximum Gasteiger partial charge on any atom is 0.164 e. The first kappa shape index (κ1) is 14.2. The van der Waals surface area contributed by atoms with Crippen molar-refractivity contribution in [3.8, 4) is 0 Å². The van der Waals surface area contributed by atoms with Gasteiger partial charge in [-0.2, -0.15) is 0 Å². The van der Waals surface area contributed by atoms with E-state index >= 15 is 0 Å². The lowest BCUT2D eigenvalue weighted by atomic mass is 10.0. The molecule has 6 nitrogen and oxygen atoms in total. The molecule has 0 unspecified atom stereocenters. The van der Waals surface area contributed by atoms with E-state index in [2.05, 4.69) is 0 Å². The second-order valence-electron chi connectivity index (χ2n) is 5.64. The molecule has 0 amide bonds. The molecular formula is C12H22O6. The van der Waals surface area contributed by atoms with Gasteiger partial charge in [-0.25, -0.2) is 0 Å². The molecule has 6 heteroatoms. The first-order valence-electron chi connectivity index (χ1n) is 6.21. The maximum atomic E-state index is 9.35. The van der Waals surface area contributed by atoms with Gasteiger partial charge in [-0.05, 0) is 27.7 Å². The molecule has 0 aromatic carbocycles. The first-order chi connectivity index (χ1) is 8.28. The Hall–Kier alpha value is -0.240. The highest BCUT2D eigenvalue weighted by atomic mass is 16.8. The van der Waals surface area contributed by atoms with Gasteiger partial charge in [0.1, 0.15) is 24.4 Å². The molecular weight excluding hydrogens is 240 g/mol. The molecule has 0 bridgehead atoms. The predicted octanol–water partition coefficient (Wildman–Crippen LogP) is 0.0112. The molecule has 2 N–H and O–H groups in total. The number of ether oxygens (including phenoxy) is 4. The van der Waals surface area contributed by atoms with Crippen molar-refractivity contribution >= 4 is 0 Å². The molecule has 0 aromatic rings. The molecule has 2 aliphatic rings. The minimum absolute atomic E-state index is 0.160. The van der Waals surface area contributed by atoms with E-state index in [9.17, 15) is 10.2 Å². The summed E-state index contributed by atoms with van der Waals surface area (Å²) in [4.78, 5) is 0. The molecule has 2 fully saturated rings. The van der Waals surface area contributed by atoms with Crippen molar-refractivity contribution in [3.05, 3.63) is 0 Å².